The van der Waals surface area contributed by atoms with Crippen LogP contribution in [-0.4, -0.2) is 45.5 Å². The molecule has 1 N–H and O–H groups in total. The van der Waals surface area contributed by atoms with E-state index in [1.807, 2.05) is 44.2 Å². The van der Waals surface area contributed by atoms with Crippen molar-refractivity contribution in [3.05, 3.63) is 48.0 Å². The lowest BCUT2D eigenvalue weighted by Crippen LogP contribution is -2.54. The summed E-state index contributed by atoms with van der Waals surface area (Å²) in [6, 6.07) is 8.63. The Morgan fingerprint density at radius 3 is 2.31 bits per heavy atom. The van der Waals surface area contributed by atoms with Gasteiger partial charge in [-0.05, 0) is 23.6 Å². The highest BCUT2D eigenvalue weighted by atomic mass is 16.4. The van der Waals surface area contributed by atoms with Crippen molar-refractivity contribution in [1.82, 2.24) is 4.90 Å². The zero-order valence-electron chi connectivity index (χ0n) is 15.3. The predicted molar refractivity (Wildman–Crippen MR) is 98.9 cm³/mol. The molecule has 138 valence electrons. The third-order valence-corrected chi connectivity index (χ3v) is 4.45. The number of ketones is 1. The highest BCUT2D eigenvalue weighted by Crippen LogP contribution is 2.29. The number of rotatable bonds is 8. The Bertz CT molecular complexity index is 725. The number of Topliss-reactive ketones (excluding diaryl/α,β-unsaturated/α-hetero) is 1. The van der Waals surface area contributed by atoms with Gasteiger partial charge in [0.05, 0.1) is 12.5 Å². The van der Waals surface area contributed by atoms with Crippen LogP contribution in [0.1, 0.15) is 32.8 Å². The van der Waals surface area contributed by atoms with E-state index in [4.69, 9.17) is 0 Å². The molecule has 0 radical (unpaired) electrons. The minimum Gasteiger partial charge on any atom is -0.481 e. The van der Waals surface area contributed by atoms with Gasteiger partial charge in [-0.25, -0.2) is 0 Å². The monoisotopic (exact) mass is 356 g/mol. The standard InChI is InChI=1S/C20H24N2O4/c1-14(2)18(19(26)20(12-17(24)25)10-7-11-21-20)22(15(3)23)13-16-8-5-4-6-9-16/h4-11,14,18H,12-13H2,1-3H3,(H,24,25). The Morgan fingerprint density at radius 2 is 1.85 bits per heavy atom. The molecular weight excluding hydrogens is 332 g/mol. The molecule has 0 bridgehead atoms. The zero-order chi connectivity index (χ0) is 19.3. The van der Waals surface area contributed by atoms with Gasteiger partial charge in [-0.2, -0.15) is 0 Å². The molecule has 1 aromatic carbocycles. The van der Waals surface area contributed by atoms with Gasteiger partial charge in [0, 0.05) is 19.7 Å². The van der Waals surface area contributed by atoms with Crippen LogP contribution in [0, 0.1) is 5.92 Å². The Kier molecular flexibility index (Phi) is 6.08. The van der Waals surface area contributed by atoms with Gasteiger partial charge >= 0.3 is 5.97 Å². The van der Waals surface area contributed by atoms with E-state index in [0.29, 0.717) is 0 Å². The number of aliphatic carboxylic acids is 1. The molecule has 2 atom stereocenters. The van der Waals surface area contributed by atoms with Crippen molar-refractivity contribution >= 4 is 23.9 Å². The second kappa shape index (κ2) is 8.08. The molecule has 2 rings (SSSR count). The van der Waals surface area contributed by atoms with E-state index in [-0.39, 0.29) is 24.2 Å². The van der Waals surface area contributed by atoms with Crippen molar-refractivity contribution in [2.45, 2.75) is 45.3 Å². The lowest BCUT2D eigenvalue weighted by molar-refractivity contribution is -0.145. The molecule has 0 aliphatic carbocycles. The van der Waals surface area contributed by atoms with Crippen molar-refractivity contribution < 1.29 is 19.5 Å². The molecule has 26 heavy (non-hydrogen) atoms. The van der Waals surface area contributed by atoms with E-state index in [0.717, 1.165) is 5.56 Å². The van der Waals surface area contributed by atoms with Crippen LogP contribution in [0.4, 0.5) is 0 Å². The molecule has 1 heterocycles. The molecule has 0 saturated heterocycles. The Hall–Kier alpha value is -2.76. The Morgan fingerprint density at radius 1 is 1.19 bits per heavy atom. The first-order valence-electron chi connectivity index (χ1n) is 8.57. The van der Waals surface area contributed by atoms with Crippen LogP contribution in [0.2, 0.25) is 0 Å². The smallest absolute Gasteiger partial charge is 0.306 e. The maximum absolute atomic E-state index is 13.4. The third-order valence-electron chi connectivity index (χ3n) is 4.45. The SMILES string of the molecule is CC(=O)N(Cc1ccccc1)C(C(=O)C1(CC(=O)O)C=CC=N1)C(C)C. The molecule has 6 nitrogen and oxygen atoms in total. The second-order valence-corrected chi connectivity index (χ2v) is 6.82. The number of carbonyl (C=O) groups is 3. The quantitative estimate of drug-likeness (QED) is 0.775. The van der Waals surface area contributed by atoms with Crippen LogP contribution in [0.3, 0.4) is 0 Å². The van der Waals surface area contributed by atoms with Gasteiger partial charge < -0.3 is 10.0 Å². The number of carboxylic acid groups (broad SMARTS) is 1. The summed E-state index contributed by atoms with van der Waals surface area (Å²) < 4.78 is 0. The van der Waals surface area contributed by atoms with Gasteiger partial charge in [-0.3, -0.25) is 19.4 Å². The molecule has 0 spiro atoms. The van der Waals surface area contributed by atoms with Crippen LogP contribution >= 0.6 is 0 Å². The Balaban J connectivity index is 2.39. The first-order valence-corrected chi connectivity index (χ1v) is 8.57. The van der Waals surface area contributed by atoms with E-state index in [9.17, 15) is 19.5 Å². The molecule has 0 aromatic heterocycles. The van der Waals surface area contributed by atoms with Crippen molar-refractivity contribution in [3.8, 4) is 0 Å². The van der Waals surface area contributed by atoms with E-state index < -0.39 is 24.0 Å². The maximum atomic E-state index is 13.4. The normalized spacial score (nSPS) is 19.5. The van der Waals surface area contributed by atoms with E-state index >= 15 is 0 Å². The predicted octanol–water partition coefficient (Wildman–Crippen LogP) is 2.48. The molecule has 1 aromatic rings. The number of carboxylic acids is 1. The number of benzene rings is 1. The molecular formula is C20H24N2O4. The molecule has 0 saturated carbocycles. The topological polar surface area (TPSA) is 87.0 Å². The summed E-state index contributed by atoms with van der Waals surface area (Å²) in [7, 11) is 0. The average Bonchev–Trinajstić information content (AvgIpc) is 3.03. The van der Waals surface area contributed by atoms with Crippen molar-refractivity contribution in [1.29, 1.82) is 0 Å². The highest BCUT2D eigenvalue weighted by molar-refractivity contribution is 6.03. The summed E-state index contributed by atoms with van der Waals surface area (Å²) in [5, 5.41) is 9.25. The number of nitrogens with zero attached hydrogens (tertiary/aromatic N) is 2. The lowest BCUT2D eigenvalue weighted by Gasteiger charge is -2.36. The Labute approximate surface area is 153 Å². The van der Waals surface area contributed by atoms with Gasteiger partial charge in [0.15, 0.2) is 5.78 Å². The minimum atomic E-state index is -1.45. The fourth-order valence-corrected chi connectivity index (χ4v) is 3.24. The zero-order valence-corrected chi connectivity index (χ0v) is 15.3. The van der Waals surface area contributed by atoms with Crippen LogP contribution in [0.15, 0.2) is 47.5 Å². The number of carbonyl (C=O) groups excluding carboxylic acids is 2. The van der Waals surface area contributed by atoms with Gasteiger partial charge in [0.1, 0.15) is 5.54 Å². The van der Waals surface area contributed by atoms with Gasteiger partial charge in [0.25, 0.3) is 0 Å². The minimum absolute atomic E-state index is 0.190. The van der Waals surface area contributed by atoms with Crippen molar-refractivity contribution in [2.75, 3.05) is 0 Å². The largest absolute Gasteiger partial charge is 0.481 e. The number of hydrogen-bond donors (Lipinski definition) is 1. The van der Waals surface area contributed by atoms with Crippen molar-refractivity contribution in [3.63, 3.8) is 0 Å². The third kappa shape index (κ3) is 4.25. The number of aliphatic imine (C=N–C) groups is 1. The summed E-state index contributed by atoms with van der Waals surface area (Å²) in [4.78, 5) is 42.7. The molecule has 0 fully saturated rings. The fraction of sp³-hybridized carbons (Fsp3) is 0.400. The second-order valence-electron chi connectivity index (χ2n) is 6.82. The molecule has 2 unspecified atom stereocenters. The number of amides is 1. The molecule has 1 aliphatic rings. The van der Waals surface area contributed by atoms with Crippen molar-refractivity contribution in [2.24, 2.45) is 10.9 Å². The summed E-state index contributed by atoms with van der Waals surface area (Å²) in [6.45, 7) is 5.39. The first-order chi connectivity index (χ1) is 12.3. The van der Waals surface area contributed by atoms with E-state index in [1.165, 1.54) is 24.1 Å². The summed E-state index contributed by atoms with van der Waals surface area (Å²) in [5.74, 6) is -1.91. The summed E-state index contributed by atoms with van der Waals surface area (Å²) >= 11 is 0. The van der Waals surface area contributed by atoms with Crippen LogP contribution in [0.5, 0.6) is 0 Å². The summed E-state index contributed by atoms with van der Waals surface area (Å²) in [5.41, 5.74) is -0.551. The fourth-order valence-electron chi connectivity index (χ4n) is 3.24. The average molecular weight is 356 g/mol. The molecule has 1 amide bonds. The van der Waals surface area contributed by atoms with Crippen LogP contribution < -0.4 is 0 Å². The molecule has 1 aliphatic heterocycles. The summed E-state index contributed by atoms with van der Waals surface area (Å²) in [6.07, 6.45) is 4.10. The molecule has 6 heteroatoms. The van der Waals surface area contributed by atoms with Gasteiger partial charge in [0.2, 0.25) is 5.91 Å². The van der Waals surface area contributed by atoms with Gasteiger partial charge in [-0.15, -0.1) is 0 Å². The lowest BCUT2D eigenvalue weighted by atomic mass is 9.82. The van der Waals surface area contributed by atoms with Crippen LogP contribution in [0.25, 0.3) is 0 Å². The van der Waals surface area contributed by atoms with Gasteiger partial charge in [-0.1, -0.05) is 44.2 Å². The maximum Gasteiger partial charge on any atom is 0.306 e. The van der Waals surface area contributed by atoms with E-state index in [1.54, 1.807) is 6.08 Å². The highest BCUT2D eigenvalue weighted by Gasteiger charge is 2.46. The first kappa shape index (κ1) is 19.6. The van der Waals surface area contributed by atoms with E-state index in [2.05, 4.69) is 4.99 Å². The number of allylic oxidation sites excluding steroid dienone is 1. The van der Waals surface area contributed by atoms with Crippen LogP contribution in [-0.2, 0) is 20.9 Å². The number of hydrogen-bond acceptors (Lipinski definition) is 4.